The molecule has 3 heterocycles. The van der Waals surface area contributed by atoms with E-state index in [9.17, 15) is 0 Å². The number of hydrogen-bond acceptors (Lipinski definition) is 5. The van der Waals surface area contributed by atoms with Gasteiger partial charge in [0.2, 0.25) is 0 Å². The third-order valence-electron chi connectivity index (χ3n) is 3.65. The highest BCUT2D eigenvalue weighted by Crippen LogP contribution is 2.40. The summed E-state index contributed by atoms with van der Waals surface area (Å²) < 4.78 is 3.41. The maximum atomic E-state index is 6.21. The Morgan fingerprint density at radius 1 is 1.38 bits per heavy atom. The quantitative estimate of drug-likeness (QED) is 0.806. The summed E-state index contributed by atoms with van der Waals surface area (Å²) in [6, 6.07) is 2.23. The molecular weight excluding hydrogens is 368 g/mol. The standard InChI is InChI=1S/C14H19BrN4S2/c1-9(16)13(11-7-10(15)8-20-11)21-14-18-17-12-5-3-2-4-6-19(12)14/h7-9,13H,2-6,16H2,1H3. The highest BCUT2D eigenvalue weighted by Gasteiger charge is 2.24. The Hall–Kier alpha value is -0.370. The smallest absolute Gasteiger partial charge is 0.191 e. The molecule has 2 N–H and O–H groups in total. The van der Waals surface area contributed by atoms with Gasteiger partial charge in [-0.15, -0.1) is 21.5 Å². The van der Waals surface area contributed by atoms with Gasteiger partial charge in [0, 0.05) is 33.7 Å². The minimum atomic E-state index is 0.0688. The zero-order valence-corrected chi connectivity index (χ0v) is 15.2. The minimum Gasteiger partial charge on any atom is -0.327 e. The van der Waals surface area contributed by atoms with E-state index in [1.807, 2.05) is 0 Å². The van der Waals surface area contributed by atoms with Crippen LogP contribution in [-0.4, -0.2) is 20.8 Å². The van der Waals surface area contributed by atoms with Crippen molar-refractivity contribution in [2.75, 3.05) is 0 Å². The first kappa shape index (κ1) is 15.5. The molecule has 21 heavy (non-hydrogen) atoms. The van der Waals surface area contributed by atoms with Crippen molar-refractivity contribution in [3.63, 3.8) is 0 Å². The molecule has 114 valence electrons. The van der Waals surface area contributed by atoms with E-state index in [-0.39, 0.29) is 11.3 Å². The van der Waals surface area contributed by atoms with Crippen LogP contribution in [0, 0.1) is 0 Å². The van der Waals surface area contributed by atoms with Gasteiger partial charge in [-0.3, -0.25) is 0 Å². The first-order valence-electron chi connectivity index (χ1n) is 7.23. The van der Waals surface area contributed by atoms with Gasteiger partial charge in [0.25, 0.3) is 0 Å². The molecule has 2 aromatic heterocycles. The molecule has 1 aliphatic heterocycles. The Bertz CT molecular complexity index is 608. The second-order valence-electron chi connectivity index (χ2n) is 5.43. The normalized spacial score (nSPS) is 18.0. The number of aryl methyl sites for hydroxylation is 1. The van der Waals surface area contributed by atoms with Gasteiger partial charge in [-0.05, 0) is 41.8 Å². The molecule has 0 saturated heterocycles. The lowest BCUT2D eigenvalue weighted by molar-refractivity contribution is 0.588. The summed E-state index contributed by atoms with van der Waals surface area (Å²) in [6.07, 6.45) is 4.76. The fourth-order valence-electron chi connectivity index (χ4n) is 2.56. The number of aromatic nitrogens is 3. The Morgan fingerprint density at radius 3 is 2.95 bits per heavy atom. The van der Waals surface area contributed by atoms with Gasteiger partial charge in [0.05, 0.1) is 5.25 Å². The van der Waals surface area contributed by atoms with E-state index in [0.717, 1.165) is 28.4 Å². The molecule has 0 saturated carbocycles. The summed E-state index contributed by atoms with van der Waals surface area (Å²) in [7, 11) is 0. The van der Waals surface area contributed by atoms with E-state index >= 15 is 0 Å². The van der Waals surface area contributed by atoms with Gasteiger partial charge in [0.15, 0.2) is 5.16 Å². The molecule has 0 amide bonds. The Morgan fingerprint density at radius 2 is 2.24 bits per heavy atom. The fraction of sp³-hybridized carbons (Fsp3) is 0.571. The number of nitrogens with zero attached hydrogens (tertiary/aromatic N) is 3. The summed E-state index contributed by atoms with van der Waals surface area (Å²) in [5.74, 6) is 1.13. The van der Waals surface area contributed by atoms with Crippen molar-refractivity contribution in [1.29, 1.82) is 0 Å². The van der Waals surface area contributed by atoms with Gasteiger partial charge in [0.1, 0.15) is 5.82 Å². The lowest BCUT2D eigenvalue weighted by Crippen LogP contribution is -2.22. The second-order valence-corrected chi connectivity index (χ2v) is 8.39. The van der Waals surface area contributed by atoms with Crippen molar-refractivity contribution in [1.82, 2.24) is 14.8 Å². The highest BCUT2D eigenvalue weighted by atomic mass is 79.9. The average molecular weight is 387 g/mol. The molecule has 0 spiro atoms. The molecule has 2 unspecified atom stereocenters. The van der Waals surface area contributed by atoms with Gasteiger partial charge < -0.3 is 10.3 Å². The van der Waals surface area contributed by atoms with Crippen LogP contribution in [-0.2, 0) is 13.0 Å². The van der Waals surface area contributed by atoms with E-state index < -0.39 is 0 Å². The van der Waals surface area contributed by atoms with E-state index in [1.54, 1.807) is 23.1 Å². The molecule has 3 rings (SSSR count). The molecule has 7 heteroatoms. The summed E-state index contributed by atoms with van der Waals surface area (Å²) >= 11 is 7.02. The maximum absolute atomic E-state index is 6.21. The van der Waals surface area contributed by atoms with E-state index in [0.29, 0.717) is 0 Å². The predicted octanol–water partition coefficient (Wildman–Crippen LogP) is 4.01. The van der Waals surface area contributed by atoms with Crippen LogP contribution in [0.3, 0.4) is 0 Å². The van der Waals surface area contributed by atoms with E-state index in [1.165, 1.54) is 24.1 Å². The van der Waals surface area contributed by atoms with Crippen molar-refractivity contribution in [3.8, 4) is 0 Å². The fourth-order valence-corrected chi connectivity index (χ4v) is 5.45. The van der Waals surface area contributed by atoms with Crippen molar-refractivity contribution < 1.29 is 0 Å². The van der Waals surface area contributed by atoms with Gasteiger partial charge >= 0.3 is 0 Å². The van der Waals surface area contributed by atoms with Crippen LogP contribution < -0.4 is 5.73 Å². The minimum absolute atomic E-state index is 0.0688. The third kappa shape index (κ3) is 3.52. The zero-order valence-electron chi connectivity index (χ0n) is 12.0. The van der Waals surface area contributed by atoms with Crippen molar-refractivity contribution in [2.24, 2.45) is 5.73 Å². The predicted molar refractivity (Wildman–Crippen MR) is 91.8 cm³/mol. The lowest BCUT2D eigenvalue weighted by Gasteiger charge is -2.18. The molecule has 1 aliphatic rings. The summed E-state index contributed by atoms with van der Waals surface area (Å²) in [6.45, 7) is 3.09. The molecular formula is C14H19BrN4S2. The molecule has 0 aliphatic carbocycles. The summed E-state index contributed by atoms with van der Waals surface area (Å²) in [4.78, 5) is 1.29. The maximum Gasteiger partial charge on any atom is 0.191 e. The van der Waals surface area contributed by atoms with Gasteiger partial charge in [-0.1, -0.05) is 18.2 Å². The number of halogens is 1. The molecule has 0 fully saturated rings. The number of fused-ring (bicyclic) bond motifs is 1. The Labute approximate surface area is 141 Å². The number of rotatable bonds is 4. The summed E-state index contributed by atoms with van der Waals surface area (Å²) in [5, 5.41) is 12.1. The molecule has 4 nitrogen and oxygen atoms in total. The first-order chi connectivity index (χ1) is 10.1. The van der Waals surface area contributed by atoms with Crippen LogP contribution in [0.15, 0.2) is 21.1 Å². The van der Waals surface area contributed by atoms with E-state index in [4.69, 9.17) is 5.73 Å². The van der Waals surface area contributed by atoms with Crippen molar-refractivity contribution in [3.05, 3.63) is 26.6 Å². The Balaban J connectivity index is 1.85. The van der Waals surface area contributed by atoms with Crippen LogP contribution in [0.5, 0.6) is 0 Å². The monoisotopic (exact) mass is 386 g/mol. The van der Waals surface area contributed by atoms with Crippen LogP contribution in [0.1, 0.15) is 42.1 Å². The number of nitrogens with two attached hydrogens (primary N) is 1. The lowest BCUT2D eigenvalue weighted by atomic mass is 10.2. The van der Waals surface area contributed by atoms with Crippen molar-refractivity contribution >= 4 is 39.0 Å². The van der Waals surface area contributed by atoms with E-state index in [2.05, 4.69) is 49.1 Å². The van der Waals surface area contributed by atoms with Crippen LogP contribution >= 0.6 is 39.0 Å². The van der Waals surface area contributed by atoms with Crippen LogP contribution in [0.25, 0.3) is 0 Å². The number of thioether (sulfide) groups is 1. The molecule has 2 aromatic rings. The van der Waals surface area contributed by atoms with Crippen LogP contribution in [0.2, 0.25) is 0 Å². The molecule has 0 bridgehead atoms. The molecule has 2 atom stereocenters. The Kier molecular flexibility index (Phi) is 5.03. The SMILES string of the molecule is CC(N)C(Sc1nnc2n1CCCCC2)c1cc(Br)cs1. The zero-order chi connectivity index (χ0) is 14.8. The van der Waals surface area contributed by atoms with Crippen molar-refractivity contribution in [2.45, 2.75) is 55.6 Å². The topological polar surface area (TPSA) is 56.7 Å². The number of hydrogen-bond donors (Lipinski definition) is 1. The van der Waals surface area contributed by atoms with Gasteiger partial charge in [-0.25, -0.2) is 0 Å². The van der Waals surface area contributed by atoms with Gasteiger partial charge in [-0.2, -0.15) is 0 Å². The largest absolute Gasteiger partial charge is 0.327 e. The molecule has 0 aromatic carbocycles. The first-order valence-corrected chi connectivity index (χ1v) is 9.78. The second kappa shape index (κ2) is 6.81. The molecule has 0 radical (unpaired) electrons. The van der Waals surface area contributed by atoms with Crippen LogP contribution in [0.4, 0.5) is 0 Å². The average Bonchev–Trinajstić information content (AvgIpc) is 2.95. The third-order valence-corrected chi connectivity index (χ3v) is 7.03. The number of thiophene rings is 1. The highest BCUT2D eigenvalue weighted by molar-refractivity contribution is 9.10. The summed E-state index contributed by atoms with van der Waals surface area (Å²) in [5.41, 5.74) is 6.21.